The van der Waals surface area contributed by atoms with Gasteiger partial charge in [0.2, 0.25) is 0 Å². The maximum atomic E-state index is 5.79. The first-order chi connectivity index (χ1) is 6.90. The fourth-order valence-electron chi connectivity index (χ4n) is 2.63. The fourth-order valence-corrected chi connectivity index (χ4v) is 2.63. The van der Waals surface area contributed by atoms with E-state index in [1.54, 1.807) is 0 Å². The zero-order valence-corrected chi connectivity index (χ0v) is 8.95. The molecule has 3 heteroatoms. The number of nitrogens with two attached hydrogens (primary N) is 1. The summed E-state index contributed by atoms with van der Waals surface area (Å²) in [6.07, 6.45) is 5.25. The lowest BCUT2D eigenvalue weighted by Crippen LogP contribution is -2.46. The Morgan fingerprint density at radius 2 is 2.21 bits per heavy atom. The molecule has 0 amide bonds. The Morgan fingerprint density at radius 1 is 1.29 bits per heavy atom. The Bertz CT molecular complexity index is 169. The van der Waals surface area contributed by atoms with Crippen molar-refractivity contribution in [1.82, 2.24) is 4.90 Å². The van der Waals surface area contributed by atoms with Gasteiger partial charge in [0.15, 0.2) is 0 Å². The van der Waals surface area contributed by atoms with Crippen molar-refractivity contribution in [3.63, 3.8) is 0 Å². The molecule has 82 valence electrons. The summed E-state index contributed by atoms with van der Waals surface area (Å²) in [7, 11) is 0. The normalized spacial score (nSPS) is 34.9. The van der Waals surface area contributed by atoms with Gasteiger partial charge in [-0.1, -0.05) is 6.42 Å². The predicted molar refractivity (Wildman–Crippen MR) is 57.2 cm³/mol. The number of nitrogens with zero attached hydrogens (tertiary/aromatic N) is 1. The van der Waals surface area contributed by atoms with E-state index in [1.165, 1.54) is 38.8 Å². The van der Waals surface area contributed by atoms with E-state index in [1.807, 2.05) is 0 Å². The van der Waals surface area contributed by atoms with E-state index in [4.69, 9.17) is 10.5 Å². The minimum absolute atomic E-state index is 0.643. The molecule has 0 spiro atoms. The molecule has 0 radical (unpaired) electrons. The highest BCUT2D eigenvalue weighted by Crippen LogP contribution is 2.20. The molecule has 2 rings (SSSR count). The third-order valence-corrected chi connectivity index (χ3v) is 3.54. The fraction of sp³-hybridized carbons (Fsp3) is 1.00. The van der Waals surface area contributed by atoms with Gasteiger partial charge in [-0.3, -0.25) is 4.90 Å². The molecular weight excluding hydrogens is 176 g/mol. The molecule has 0 aliphatic carbocycles. The topological polar surface area (TPSA) is 38.5 Å². The smallest absolute Gasteiger partial charge is 0.0507 e. The van der Waals surface area contributed by atoms with Crippen molar-refractivity contribution >= 4 is 0 Å². The van der Waals surface area contributed by atoms with E-state index < -0.39 is 0 Å². The van der Waals surface area contributed by atoms with E-state index >= 15 is 0 Å². The minimum atomic E-state index is 0.643. The lowest BCUT2D eigenvalue weighted by atomic mass is 9.99. The van der Waals surface area contributed by atoms with Crippen LogP contribution in [0, 0.1) is 5.92 Å². The summed E-state index contributed by atoms with van der Waals surface area (Å²) in [6, 6.07) is 0.643. The van der Waals surface area contributed by atoms with E-state index in [0.717, 1.165) is 25.7 Å². The van der Waals surface area contributed by atoms with Gasteiger partial charge in [-0.15, -0.1) is 0 Å². The second kappa shape index (κ2) is 5.10. The largest absolute Gasteiger partial charge is 0.381 e. The van der Waals surface area contributed by atoms with Crippen LogP contribution < -0.4 is 5.73 Å². The Labute approximate surface area is 86.6 Å². The first-order valence-corrected chi connectivity index (χ1v) is 5.92. The molecule has 0 aromatic rings. The Morgan fingerprint density at radius 3 is 2.93 bits per heavy atom. The van der Waals surface area contributed by atoms with Gasteiger partial charge in [-0.05, 0) is 31.7 Å². The molecule has 2 saturated heterocycles. The van der Waals surface area contributed by atoms with Crippen LogP contribution in [0.3, 0.4) is 0 Å². The van der Waals surface area contributed by atoms with Crippen LogP contribution in [0.15, 0.2) is 0 Å². The van der Waals surface area contributed by atoms with E-state index in [9.17, 15) is 0 Å². The molecule has 0 aromatic carbocycles. The van der Waals surface area contributed by atoms with Crippen molar-refractivity contribution < 1.29 is 4.74 Å². The highest BCUT2D eigenvalue weighted by molar-refractivity contribution is 4.80. The SMILES string of the molecule is NCC1CCCCN1CC1CCOC1. The second-order valence-electron chi connectivity index (χ2n) is 4.61. The highest BCUT2D eigenvalue weighted by atomic mass is 16.5. The van der Waals surface area contributed by atoms with E-state index in [0.29, 0.717) is 6.04 Å². The van der Waals surface area contributed by atoms with Gasteiger partial charge in [0.25, 0.3) is 0 Å². The van der Waals surface area contributed by atoms with Gasteiger partial charge in [0, 0.05) is 25.7 Å². The van der Waals surface area contributed by atoms with Crippen LogP contribution in [-0.2, 0) is 4.74 Å². The highest BCUT2D eigenvalue weighted by Gasteiger charge is 2.25. The summed E-state index contributed by atoms with van der Waals surface area (Å²) in [5.74, 6) is 0.766. The van der Waals surface area contributed by atoms with Crippen molar-refractivity contribution in [2.45, 2.75) is 31.7 Å². The third-order valence-electron chi connectivity index (χ3n) is 3.54. The lowest BCUT2D eigenvalue weighted by Gasteiger charge is -2.36. The van der Waals surface area contributed by atoms with Gasteiger partial charge in [-0.2, -0.15) is 0 Å². The predicted octanol–water partition coefficient (Wildman–Crippen LogP) is 0.836. The summed E-state index contributed by atoms with van der Waals surface area (Å²) >= 11 is 0. The number of ether oxygens (including phenoxy) is 1. The standard InChI is InChI=1S/C11H22N2O/c12-7-11-3-1-2-5-13(11)8-10-4-6-14-9-10/h10-11H,1-9,12H2. The molecule has 2 atom stereocenters. The molecule has 2 N–H and O–H groups in total. The average molecular weight is 198 g/mol. The number of hydrogen-bond acceptors (Lipinski definition) is 3. The number of hydrogen-bond donors (Lipinski definition) is 1. The van der Waals surface area contributed by atoms with Crippen LogP contribution in [0.5, 0.6) is 0 Å². The van der Waals surface area contributed by atoms with Crippen LogP contribution in [-0.4, -0.2) is 43.8 Å². The average Bonchev–Trinajstić information content (AvgIpc) is 2.71. The van der Waals surface area contributed by atoms with Crippen molar-refractivity contribution in [1.29, 1.82) is 0 Å². The molecule has 0 saturated carbocycles. The Hall–Kier alpha value is -0.120. The number of likely N-dealkylation sites (tertiary alicyclic amines) is 1. The summed E-state index contributed by atoms with van der Waals surface area (Å²) in [5, 5.41) is 0. The molecule has 0 bridgehead atoms. The van der Waals surface area contributed by atoms with Crippen molar-refractivity contribution in [3.05, 3.63) is 0 Å². The maximum Gasteiger partial charge on any atom is 0.0507 e. The van der Waals surface area contributed by atoms with Crippen molar-refractivity contribution in [2.75, 3.05) is 32.8 Å². The molecule has 3 nitrogen and oxygen atoms in total. The molecule has 0 aromatic heterocycles. The Balaban J connectivity index is 1.81. The Kier molecular flexibility index (Phi) is 3.79. The summed E-state index contributed by atoms with van der Waals surface area (Å²) in [5.41, 5.74) is 5.79. The molecule has 2 unspecified atom stereocenters. The van der Waals surface area contributed by atoms with Gasteiger partial charge in [0.05, 0.1) is 6.61 Å². The summed E-state index contributed by atoms with van der Waals surface area (Å²) in [4.78, 5) is 2.59. The second-order valence-corrected chi connectivity index (χ2v) is 4.61. The van der Waals surface area contributed by atoms with Gasteiger partial charge < -0.3 is 10.5 Å². The zero-order valence-electron chi connectivity index (χ0n) is 8.95. The van der Waals surface area contributed by atoms with Crippen LogP contribution >= 0.6 is 0 Å². The maximum absolute atomic E-state index is 5.79. The molecule has 2 fully saturated rings. The van der Waals surface area contributed by atoms with Gasteiger partial charge in [-0.25, -0.2) is 0 Å². The molecule has 2 heterocycles. The number of piperidine rings is 1. The molecular formula is C11H22N2O. The monoisotopic (exact) mass is 198 g/mol. The van der Waals surface area contributed by atoms with Crippen LogP contribution in [0.4, 0.5) is 0 Å². The third kappa shape index (κ3) is 2.47. The van der Waals surface area contributed by atoms with Crippen LogP contribution in [0.1, 0.15) is 25.7 Å². The van der Waals surface area contributed by atoms with Crippen molar-refractivity contribution in [3.8, 4) is 0 Å². The van der Waals surface area contributed by atoms with E-state index in [-0.39, 0.29) is 0 Å². The molecule has 2 aliphatic rings. The lowest BCUT2D eigenvalue weighted by molar-refractivity contribution is 0.118. The van der Waals surface area contributed by atoms with Crippen LogP contribution in [0.25, 0.3) is 0 Å². The van der Waals surface area contributed by atoms with Crippen LogP contribution in [0.2, 0.25) is 0 Å². The summed E-state index contributed by atoms with van der Waals surface area (Å²) < 4.78 is 5.41. The quantitative estimate of drug-likeness (QED) is 0.730. The number of rotatable bonds is 3. The zero-order chi connectivity index (χ0) is 9.80. The van der Waals surface area contributed by atoms with Gasteiger partial charge >= 0.3 is 0 Å². The first kappa shape index (κ1) is 10.4. The van der Waals surface area contributed by atoms with Crippen molar-refractivity contribution in [2.24, 2.45) is 11.7 Å². The molecule has 2 aliphatic heterocycles. The minimum Gasteiger partial charge on any atom is -0.381 e. The van der Waals surface area contributed by atoms with Gasteiger partial charge in [0.1, 0.15) is 0 Å². The molecule has 14 heavy (non-hydrogen) atoms. The van der Waals surface area contributed by atoms with E-state index in [2.05, 4.69) is 4.90 Å². The first-order valence-electron chi connectivity index (χ1n) is 5.92. The summed E-state index contributed by atoms with van der Waals surface area (Å²) in [6.45, 7) is 5.22.